The second-order valence-corrected chi connectivity index (χ2v) is 12.1. The summed E-state index contributed by atoms with van der Waals surface area (Å²) in [6, 6.07) is 16.1. The first-order chi connectivity index (χ1) is 21.8. The summed E-state index contributed by atoms with van der Waals surface area (Å²) in [4.78, 5) is 71.6. The molecule has 0 spiro atoms. The minimum absolute atomic E-state index is 0.0377. The van der Waals surface area contributed by atoms with Crippen LogP contribution in [-0.2, 0) is 54.1 Å². The Balaban J connectivity index is 1.77. The van der Waals surface area contributed by atoms with E-state index in [1.165, 1.54) is 13.8 Å². The molecule has 0 radical (unpaired) electrons. The van der Waals surface area contributed by atoms with E-state index in [9.17, 15) is 33.9 Å². The number of amides is 2. The number of nitrogens with one attached hydrogen (secondary N) is 2. The van der Waals surface area contributed by atoms with Gasteiger partial charge < -0.3 is 34.7 Å². The molecule has 0 bridgehead atoms. The van der Waals surface area contributed by atoms with E-state index in [0.29, 0.717) is 11.8 Å². The molecule has 3 rings (SSSR count). The van der Waals surface area contributed by atoms with Crippen LogP contribution in [0.4, 0.5) is 0 Å². The smallest absolute Gasteiger partial charge is 0.349 e. The number of carbonyl (C=O) groups is 6. The lowest BCUT2D eigenvalue weighted by atomic mass is 9.91. The normalized spacial score (nSPS) is 21.3. The molecule has 1 heterocycles. The van der Waals surface area contributed by atoms with Crippen molar-refractivity contribution in [3.05, 3.63) is 60.2 Å². The van der Waals surface area contributed by atoms with E-state index in [0.717, 1.165) is 30.7 Å². The van der Waals surface area contributed by atoms with Gasteiger partial charge in [-0.2, -0.15) is 0 Å². The van der Waals surface area contributed by atoms with E-state index in [2.05, 4.69) is 10.6 Å². The molecule has 1 aliphatic rings. The lowest BCUT2D eigenvalue weighted by Gasteiger charge is -2.45. The third kappa shape index (κ3) is 10.7. The number of aliphatic hydroxyl groups excluding tert-OH is 1. The predicted octanol–water partition coefficient (Wildman–Crippen LogP) is 1.68. The maximum absolute atomic E-state index is 12.9. The highest BCUT2D eigenvalue weighted by Gasteiger charge is 2.54. The number of aliphatic hydroxyl groups is 1. The number of rotatable bonds is 13. The highest BCUT2D eigenvalue weighted by molar-refractivity contribution is 8.15. The Morgan fingerprint density at radius 2 is 1.61 bits per heavy atom. The lowest BCUT2D eigenvalue weighted by molar-refractivity contribution is -0.188. The number of thioether (sulfide) groups is 1. The van der Waals surface area contributed by atoms with Crippen molar-refractivity contribution in [1.82, 2.24) is 10.6 Å². The third-order valence-corrected chi connectivity index (χ3v) is 8.00. The van der Waals surface area contributed by atoms with Crippen LogP contribution in [0.3, 0.4) is 0 Å². The van der Waals surface area contributed by atoms with Crippen molar-refractivity contribution in [2.75, 3.05) is 20.3 Å². The number of benzene rings is 2. The van der Waals surface area contributed by atoms with Crippen LogP contribution in [0, 0.1) is 0 Å². The van der Waals surface area contributed by atoms with Crippen molar-refractivity contribution in [2.45, 2.75) is 69.3 Å². The molecular weight excluding hydrogens is 620 g/mol. The summed E-state index contributed by atoms with van der Waals surface area (Å²) < 4.78 is 21.1. The fourth-order valence-corrected chi connectivity index (χ4v) is 6.07. The maximum Gasteiger partial charge on any atom is 0.349 e. The van der Waals surface area contributed by atoms with Crippen molar-refractivity contribution in [3.8, 4) is 11.1 Å². The molecule has 0 aliphatic carbocycles. The van der Waals surface area contributed by atoms with Crippen LogP contribution in [0.25, 0.3) is 11.1 Å². The fourth-order valence-electron chi connectivity index (χ4n) is 5.01. The second kappa shape index (κ2) is 16.9. The van der Waals surface area contributed by atoms with Gasteiger partial charge >= 0.3 is 17.9 Å². The minimum atomic E-state index is -1.97. The zero-order valence-corrected chi connectivity index (χ0v) is 26.8. The topological polar surface area (TPSA) is 184 Å². The van der Waals surface area contributed by atoms with Gasteiger partial charge in [-0.3, -0.25) is 24.0 Å². The summed E-state index contributed by atoms with van der Waals surface area (Å²) in [5.74, 6) is -3.46. The molecule has 0 unspecified atom stereocenters. The van der Waals surface area contributed by atoms with Crippen LogP contribution in [0.2, 0.25) is 0 Å². The van der Waals surface area contributed by atoms with Gasteiger partial charge in [0.25, 0.3) is 5.91 Å². The van der Waals surface area contributed by atoms with Crippen LogP contribution in [0.5, 0.6) is 0 Å². The summed E-state index contributed by atoms with van der Waals surface area (Å²) >= 11 is 0.503. The van der Waals surface area contributed by atoms with E-state index in [-0.39, 0.29) is 25.3 Å². The quantitative estimate of drug-likeness (QED) is 0.209. The summed E-state index contributed by atoms with van der Waals surface area (Å²) in [5.41, 5.74) is 2.78. The average Bonchev–Trinajstić information content (AvgIpc) is 3.00. The van der Waals surface area contributed by atoms with Crippen LogP contribution in [0.15, 0.2) is 54.6 Å². The molecule has 1 saturated heterocycles. The van der Waals surface area contributed by atoms with E-state index < -0.39 is 71.2 Å². The molecule has 248 valence electrons. The van der Waals surface area contributed by atoms with Gasteiger partial charge in [0.05, 0.1) is 38.3 Å². The molecule has 13 nitrogen and oxygen atoms in total. The van der Waals surface area contributed by atoms with Crippen LogP contribution in [-0.4, -0.2) is 89.5 Å². The number of hydrogen-bond acceptors (Lipinski definition) is 12. The predicted molar refractivity (Wildman–Crippen MR) is 166 cm³/mol. The number of ether oxygens (including phenoxy) is 4. The standard InChI is InChI=1S/C32H38N2O11S/c1-19(35)43-18-29(40)34-30-26(38)16-32(31(41)42-4,46-21(3)37)45-27(30)15-25(44-20(2)36)17-33-28(39)14-22-10-12-24(13-11-22)23-8-6-5-7-9-23/h5-13,25-27,30,38H,14-18H2,1-4H3,(H,33,39)(H,34,40)/t25-,26-,27-,30+,32-/m0/s1. The Bertz CT molecular complexity index is 1400. The van der Waals surface area contributed by atoms with Gasteiger partial charge in [-0.15, -0.1) is 0 Å². The first kappa shape index (κ1) is 36.2. The van der Waals surface area contributed by atoms with Crippen LogP contribution in [0.1, 0.15) is 39.2 Å². The summed E-state index contributed by atoms with van der Waals surface area (Å²) in [5, 5.41) is 15.9. The first-order valence-electron chi connectivity index (χ1n) is 14.5. The lowest BCUT2D eigenvalue weighted by Crippen LogP contribution is -2.63. The molecule has 1 aliphatic heterocycles. The van der Waals surface area contributed by atoms with Gasteiger partial charge in [0.15, 0.2) is 11.7 Å². The zero-order valence-electron chi connectivity index (χ0n) is 26.0. The molecule has 2 aromatic carbocycles. The average molecular weight is 659 g/mol. The summed E-state index contributed by atoms with van der Waals surface area (Å²) in [7, 11) is 1.09. The van der Waals surface area contributed by atoms with Gasteiger partial charge in [0.1, 0.15) is 6.10 Å². The second-order valence-electron chi connectivity index (χ2n) is 10.7. The highest BCUT2D eigenvalue weighted by Crippen LogP contribution is 2.41. The minimum Gasteiger partial charge on any atom is -0.466 e. The number of esters is 3. The van der Waals surface area contributed by atoms with Gasteiger partial charge in [0, 0.05) is 33.6 Å². The van der Waals surface area contributed by atoms with Crippen molar-refractivity contribution >= 4 is 46.6 Å². The SMILES string of the molecule is COC(=O)[C@@]1(SC(C)=O)C[C@H](O)[C@@H](NC(=O)COC(C)=O)[C@H](C[C@@H](CNC(=O)Cc2ccc(-c3ccccc3)cc2)OC(C)=O)O1. The molecule has 2 aromatic rings. The molecule has 2 amide bonds. The van der Waals surface area contributed by atoms with Crippen LogP contribution >= 0.6 is 11.8 Å². The Morgan fingerprint density at radius 1 is 0.957 bits per heavy atom. The van der Waals surface area contributed by atoms with Crippen molar-refractivity contribution in [2.24, 2.45) is 0 Å². The Labute approximate surface area is 270 Å². The number of methoxy groups -OCH3 is 1. The monoisotopic (exact) mass is 658 g/mol. The van der Waals surface area contributed by atoms with Crippen molar-refractivity contribution in [1.29, 1.82) is 0 Å². The van der Waals surface area contributed by atoms with E-state index >= 15 is 0 Å². The third-order valence-electron chi connectivity index (χ3n) is 6.95. The number of carbonyl (C=O) groups excluding carboxylic acids is 6. The maximum atomic E-state index is 12.9. The van der Waals surface area contributed by atoms with Crippen molar-refractivity contribution < 1.29 is 52.8 Å². The van der Waals surface area contributed by atoms with E-state index in [4.69, 9.17) is 18.9 Å². The summed E-state index contributed by atoms with van der Waals surface area (Å²) in [6.07, 6.45) is -4.34. The fraction of sp³-hybridized carbons (Fsp3) is 0.438. The molecular formula is C32H38N2O11S. The molecule has 5 atom stereocenters. The van der Waals surface area contributed by atoms with E-state index in [1.807, 2.05) is 54.6 Å². The Kier molecular flexibility index (Phi) is 13.3. The van der Waals surface area contributed by atoms with Gasteiger partial charge in [0.2, 0.25) is 10.8 Å². The Morgan fingerprint density at radius 3 is 2.20 bits per heavy atom. The largest absolute Gasteiger partial charge is 0.466 e. The molecule has 0 aromatic heterocycles. The molecule has 0 saturated carbocycles. The molecule has 3 N–H and O–H groups in total. The molecule has 14 heteroatoms. The van der Waals surface area contributed by atoms with Crippen molar-refractivity contribution in [3.63, 3.8) is 0 Å². The highest BCUT2D eigenvalue weighted by atomic mass is 32.2. The van der Waals surface area contributed by atoms with Gasteiger partial charge in [-0.1, -0.05) is 54.6 Å². The Hall–Kier alpha value is -4.27. The van der Waals surface area contributed by atoms with Gasteiger partial charge in [-0.25, -0.2) is 4.79 Å². The molecule has 46 heavy (non-hydrogen) atoms. The zero-order chi connectivity index (χ0) is 33.9. The summed E-state index contributed by atoms with van der Waals surface area (Å²) in [6.45, 7) is 2.68. The first-order valence-corrected chi connectivity index (χ1v) is 15.3. The van der Waals surface area contributed by atoms with Gasteiger partial charge in [-0.05, 0) is 28.5 Å². The molecule has 1 fully saturated rings. The van der Waals surface area contributed by atoms with E-state index in [1.54, 1.807) is 0 Å². The number of hydrogen-bond donors (Lipinski definition) is 3. The van der Waals surface area contributed by atoms with Crippen LogP contribution < -0.4 is 10.6 Å².